The lowest BCUT2D eigenvalue weighted by atomic mass is 9.98. The molecule has 106 valence electrons. The summed E-state index contributed by atoms with van der Waals surface area (Å²) in [4.78, 5) is 11.9. The summed E-state index contributed by atoms with van der Waals surface area (Å²) in [6.45, 7) is 5.68. The Morgan fingerprint density at radius 3 is 2.26 bits per heavy atom. The van der Waals surface area contributed by atoms with Crippen LogP contribution in [0.15, 0.2) is 24.3 Å². The van der Waals surface area contributed by atoms with E-state index >= 15 is 0 Å². The Labute approximate surface area is 115 Å². The van der Waals surface area contributed by atoms with Gasteiger partial charge in [0, 0.05) is 17.7 Å². The minimum Gasteiger partial charge on any atom is -0.294 e. The van der Waals surface area contributed by atoms with Crippen LogP contribution in [0, 0.1) is 5.92 Å². The molecule has 0 spiro atoms. The van der Waals surface area contributed by atoms with E-state index in [1.807, 2.05) is 6.92 Å². The van der Waals surface area contributed by atoms with E-state index in [1.54, 1.807) is 31.2 Å². The van der Waals surface area contributed by atoms with Gasteiger partial charge in [-0.3, -0.25) is 9.52 Å². The monoisotopic (exact) mass is 283 g/mol. The molecule has 1 rings (SSSR count). The summed E-state index contributed by atoms with van der Waals surface area (Å²) in [7, 11) is -3.26. The number of hydrogen-bond donors (Lipinski definition) is 1. The summed E-state index contributed by atoms with van der Waals surface area (Å²) >= 11 is 0. The Balaban J connectivity index is 2.74. The highest BCUT2D eigenvalue weighted by Gasteiger charge is 2.11. The van der Waals surface area contributed by atoms with Gasteiger partial charge in [0.25, 0.3) is 0 Å². The average Bonchev–Trinajstić information content (AvgIpc) is 2.39. The Bertz CT molecular complexity index is 520. The second kappa shape index (κ2) is 6.70. The van der Waals surface area contributed by atoms with Crippen molar-refractivity contribution >= 4 is 21.5 Å². The molecule has 1 N–H and O–H groups in total. The standard InChI is InChI=1S/C14H21NO3S/c1-4-11(3)10-14(16)12-6-8-13(9-7-12)15-19(17,18)5-2/h6-9,11,15H,4-5,10H2,1-3H3. The van der Waals surface area contributed by atoms with E-state index < -0.39 is 10.0 Å². The van der Waals surface area contributed by atoms with Gasteiger partial charge in [-0.2, -0.15) is 0 Å². The molecule has 5 heteroatoms. The lowest BCUT2D eigenvalue weighted by Gasteiger charge is -2.09. The molecule has 0 radical (unpaired) electrons. The number of Topliss-reactive ketones (excluding diaryl/α,β-unsaturated/α-hetero) is 1. The van der Waals surface area contributed by atoms with Crippen LogP contribution in [0.1, 0.15) is 44.0 Å². The molecule has 0 fully saturated rings. The highest BCUT2D eigenvalue weighted by atomic mass is 32.2. The van der Waals surface area contributed by atoms with Crippen molar-refractivity contribution in [1.29, 1.82) is 0 Å². The van der Waals surface area contributed by atoms with Gasteiger partial charge in [-0.05, 0) is 37.1 Å². The van der Waals surface area contributed by atoms with Gasteiger partial charge in [0.2, 0.25) is 10.0 Å². The van der Waals surface area contributed by atoms with Crippen LogP contribution in [0.3, 0.4) is 0 Å². The van der Waals surface area contributed by atoms with Crippen molar-refractivity contribution in [1.82, 2.24) is 0 Å². The maximum Gasteiger partial charge on any atom is 0.232 e. The molecule has 1 aromatic carbocycles. The SMILES string of the molecule is CCC(C)CC(=O)c1ccc(NS(=O)(=O)CC)cc1. The van der Waals surface area contributed by atoms with Gasteiger partial charge in [0.05, 0.1) is 5.75 Å². The number of ketones is 1. The maximum absolute atomic E-state index is 11.9. The normalized spacial score (nSPS) is 13.0. The highest BCUT2D eigenvalue weighted by molar-refractivity contribution is 7.92. The molecule has 0 aliphatic rings. The van der Waals surface area contributed by atoms with Crippen molar-refractivity contribution in [3.05, 3.63) is 29.8 Å². The fraction of sp³-hybridized carbons (Fsp3) is 0.500. The van der Waals surface area contributed by atoms with E-state index in [1.165, 1.54) is 0 Å². The van der Waals surface area contributed by atoms with E-state index in [2.05, 4.69) is 11.6 Å². The molecule has 0 saturated carbocycles. The lowest BCUT2D eigenvalue weighted by molar-refractivity contribution is 0.0963. The third-order valence-electron chi connectivity index (χ3n) is 3.09. The molecule has 1 aromatic rings. The second-order valence-electron chi connectivity index (χ2n) is 4.72. The van der Waals surface area contributed by atoms with Crippen LogP contribution in [0.4, 0.5) is 5.69 Å². The highest BCUT2D eigenvalue weighted by Crippen LogP contribution is 2.16. The molecule has 19 heavy (non-hydrogen) atoms. The minimum absolute atomic E-state index is 0.0295. The van der Waals surface area contributed by atoms with Gasteiger partial charge in [0.1, 0.15) is 0 Å². The molecular formula is C14H21NO3S. The Kier molecular flexibility index (Phi) is 5.54. The number of benzene rings is 1. The van der Waals surface area contributed by atoms with E-state index in [4.69, 9.17) is 0 Å². The second-order valence-corrected chi connectivity index (χ2v) is 6.73. The number of carbonyl (C=O) groups is 1. The zero-order valence-electron chi connectivity index (χ0n) is 11.6. The molecule has 0 saturated heterocycles. The van der Waals surface area contributed by atoms with Gasteiger partial charge >= 0.3 is 0 Å². The van der Waals surface area contributed by atoms with Crippen LogP contribution in [-0.4, -0.2) is 20.0 Å². The molecule has 4 nitrogen and oxygen atoms in total. The Morgan fingerprint density at radius 1 is 1.21 bits per heavy atom. The zero-order chi connectivity index (χ0) is 14.5. The first-order valence-electron chi connectivity index (χ1n) is 6.51. The summed E-state index contributed by atoms with van der Waals surface area (Å²) in [5, 5.41) is 0. The van der Waals surface area contributed by atoms with Crippen LogP contribution in [0.2, 0.25) is 0 Å². The molecule has 0 aromatic heterocycles. The largest absolute Gasteiger partial charge is 0.294 e. The average molecular weight is 283 g/mol. The number of nitrogens with one attached hydrogen (secondary N) is 1. The number of rotatable bonds is 7. The molecule has 1 unspecified atom stereocenters. The topological polar surface area (TPSA) is 63.2 Å². The van der Waals surface area contributed by atoms with Gasteiger partial charge in [-0.15, -0.1) is 0 Å². The zero-order valence-corrected chi connectivity index (χ0v) is 12.5. The molecule has 1 atom stereocenters. The first kappa shape index (κ1) is 15.7. The predicted molar refractivity (Wildman–Crippen MR) is 77.9 cm³/mol. The van der Waals surface area contributed by atoms with E-state index in [-0.39, 0.29) is 11.5 Å². The first-order valence-corrected chi connectivity index (χ1v) is 8.17. The molecule has 0 aliphatic carbocycles. The van der Waals surface area contributed by atoms with E-state index in [0.29, 0.717) is 23.6 Å². The molecule has 0 aliphatic heterocycles. The number of anilines is 1. The fourth-order valence-electron chi connectivity index (χ4n) is 1.55. The van der Waals surface area contributed by atoms with Crippen LogP contribution in [-0.2, 0) is 10.0 Å². The van der Waals surface area contributed by atoms with Crippen molar-refractivity contribution in [2.24, 2.45) is 5.92 Å². The number of sulfonamides is 1. The van der Waals surface area contributed by atoms with E-state index in [0.717, 1.165) is 6.42 Å². The Morgan fingerprint density at radius 2 is 1.79 bits per heavy atom. The third kappa shape index (κ3) is 5.03. The fourth-order valence-corrected chi connectivity index (χ4v) is 2.19. The van der Waals surface area contributed by atoms with Crippen molar-refractivity contribution in [2.75, 3.05) is 10.5 Å². The van der Waals surface area contributed by atoms with Gasteiger partial charge in [-0.25, -0.2) is 8.42 Å². The summed E-state index contributed by atoms with van der Waals surface area (Å²) < 4.78 is 25.2. The summed E-state index contributed by atoms with van der Waals surface area (Å²) in [6.07, 6.45) is 1.50. The van der Waals surface area contributed by atoms with Crippen LogP contribution in [0.25, 0.3) is 0 Å². The van der Waals surface area contributed by atoms with Crippen LogP contribution in [0.5, 0.6) is 0 Å². The number of hydrogen-bond acceptors (Lipinski definition) is 3. The quantitative estimate of drug-likeness (QED) is 0.782. The molecule has 0 heterocycles. The molecule has 0 bridgehead atoms. The minimum atomic E-state index is -3.26. The van der Waals surface area contributed by atoms with Crippen LogP contribution >= 0.6 is 0 Å². The summed E-state index contributed by atoms with van der Waals surface area (Å²) in [5.41, 5.74) is 1.11. The molecule has 0 amide bonds. The van der Waals surface area contributed by atoms with E-state index in [9.17, 15) is 13.2 Å². The number of carbonyl (C=O) groups excluding carboxylic acids is 1. The maximum atomic E-state index is 11.9. The van der Waals surface area contributed by atoms with Gasteiger partial charge in [0.15, 0.2) is 5.78 Å². The van der Waals surface area contributed by atoms with Gasteiger partial charge in [-0.1, -0.05) is 20.3 Å². The van der Waals surface area contributed by atoms with Crippen molar-refractivity contribution < 1.29 is 13.2 Å². The van der Waals surface area contributed by atoms with Crippen LogP contribution < -0.4 is 4.72 Å². The first-order chi connectivity index (χ1) is 8.88. The van der Waals surface area contributed by atoms with Gasteiger partial charge < -0.3 is 0 Å². The van der Waals surface area contributed by atoms with Crippen molar-refractivity contribution in [3.8, 4) is 0 Å². The lowest BCUT2D eigenvalue weighted by Crippen LogP contribution is -2.14. The Hall–Kier alpha value is -1.36. The predicted octanol–water partition coefficient (Wildman–Crippen LogP) is 3.07. The van der Waals surface area contributed by atoms with Crippen molar-refractivity contribution in [3.63, 3.8) is 0 Å². The molecular weight excluding hydrogens is 262 g/mol. The third-order valence-corrected chi connectivity index (χ3v) is 4.40. The summed E-state index contributed by atoms with van der Waals surface area (Å²) in [5.74, 6) is 0.492. The van der Waals surface area contributed by atoms with Crippen molar-refractivity contribution in [2.45, 2.75) is 33.6 Å². The smallest absolute Gasteiger partial charge is 0.232 e. The summed E-state index contributed by atoms with van der Waals surface area (Å²) in [6, 6.07) is 6.57.